The molecule has 5 heteroatoms. The lowest BCUT2D eigenvalue weighted by Gasteiger charge is -2.23. The van der Waals surface area contributed by atoms with E-state index in [2.05, 4.69) is 0 Å². The number of aliphatic carboxylic acids is 1. The minimum absolute atomic E-state index is 0.151. The number of halogens is 1. The van der Waals surface area contributed by atoms with Crippen LogP contribution in [0.3, 0.4) is 0 Å². The van der Waals surface area contributed by atoms with Gasteiger partial charge in [0.2, 0.25) is 0 Å². The van der Waals surface area contributed by atoms with Crippen LogP contribution in [0.2, 0.25) is 0 Å². The summed E-state index contributed by atoms with van der Waals surface area (Å²) in [6, 6.07) is 10.3. The quantitative estimate of drug-likeness (QED) is 0.809. The lowest BCUT2D eigenvalue weighted by atomic mass is 9.95. The van der Waals surface area contributed by atoms with Gasteiger partial charge in [0.1, 0.15) is 29.5 Å². The maximum Gasteiger partial charge on any atom is 0.314 e. The Morgan fingerprint density at radius 3 is 2.46 bits per heavy atom. The van der Waals surface area contributed by atoms with Crippen LogP contribution in [0.4, 0.5) is 4.39 Å². The molecule has 1 heterocycles. The number of hydrogen-bond acceptors (Lipinski definition) is 3. The van der Waals surface area contributed by atoms with Gasteiger partial charge in [-0.1, -0.05) is 12.1 Å². The van der Waals surface area contributed by atoms with Gasteiger partial charge in [-0.2, -0.15) is 0 Å². The van der Waals surface area contributed by atoms with Crippen LogP contribution in [0.25, 0.3) is 0 Å². The first-order valence-corrected chi connectivity index (χ1v) is 9.97. The van der Waals surface area contributed by atoms with Gasteiger partial charge in [-0.25, -0.2) is 4.39 Å². The lowest BCUT2D eigenvalue weighted by Crippen LogP contribution is -2.30. The molecule has 2 aliphatic carbocycles. The van der Waals surface area contributed by atoms with Gasteiger partial charge in [-0.3, -0.25) is 4.79 Å². The zero-order valence-electron chi connectivity index (χ0n) is 15.7. The molecule has 0 unspecified atom stereocenters. The minimum Gasteiger partial charge on any atom is -0.489 e. The number of hydrogen-bond donors (Lipinski definition) is 1. The molecule has 0 atom stereocenters. The fourth-order valence-corrected chi connectivity index (χ4v) is 4.76. The van der Waals surface area contributed by atoms with Gasteiger partial charge in [0.05, 0.1) is 5.41 Å². The third-order valence-electron chi connectivity index (χ3n) is 6.51. The average Bonchev–Trinajstić information content (AvgIpc) is 3.25. The van der Waals surface area contributed by atoms with Crippen LogP contribution in [0.5, 0.6) is 11.5 Å². The first-order chi connectivity index (χ1) is 13.5. The summed E-state index contributed by atoms with van der Waals surface area (Å²) in [5, 5.41) is 9.40. The zero-order valence-corrected chi connectivity index (χ0v) is 15.7. The number of carbonyl (C=O) groups is 1. The summed E-state index contributed by atoms with van der Waals surface area (Å²) < 4.78 is 26.3. The maximum absolute atomic E-state index is 14.1. The van der Waals surface area contributed by atoms with Crippen LogP contribution in [0, 0.1) is 5.82 Å². The Morgan fingerprint density at radius 1 is 1.11 bits per heavy atom. The van der Waals surface area contributed by atoms with Gasteiger partial charge in [-0.05, 0) is 68.4 Å². The fourth-order valence-electron chi connectivity index (χ4n) is 4.76. The second kappa shape index (κ2) is 6.23. The van der Waals surface area contributed by atoms with Crippen LogP contribution in [-0.4, -0.2) is 16.7 Å². The molecule has 0 aromatic heterocycles. The van der Waals surface area contributed by atoms with E-state index in [1.807, 2.05) is 12.1 Å². The second-order valence-corrected chi connectivity index (χ2v) is 8.42. The number of carboxylic acid groups (broad SMARTS) is 1. The molecule has 1 aliphatic heterocycles. The molecule has 0 radical (unpaired) electrons. The molecule has 28 heavy (non-hydrogen) atoms. The Hall–Kier alpha value is -2.56. The topological polar surface area (TPSA) is 55.8 Å². The monoisotopic (exact) mass is 382 g/mol. The molecule has 0 amide bonds. The van der Waals surface area contributed by atoms with Crippen molar-refractivity contribution >= 4 is 5.97 Å². The molecule has 3 aliphatic rings. The van der Waals surface area contributed by atoms with Gasteiger partial charge in [0, 0.05) is 17.5 Å². The van der Waals surface area contributed by atoms with E-state index in [1.165, 1.54) is 6.07 Å². The number of benzene rings is 2. The Kier molecular flexibility index (Phi) is 3.90. The van der Waals surface area contributed by atoms with Crippen molar-refractivity contribution < 1.29 is 23.8 Å². The van der Waals surface area contributed by atoms with Crippen molar-refractivity contribution in [3.63, 3.8) is 0 Å². The van der Waals surface area contributed by atoms with Crippen molar-refractivity contribution in [2.75, 3.05) is 0 Å². The maximum atomic E-state index is 14.1. The minimum atomic E-state index is -0.769. The predicted octanol–water partition coefficient (Wildman–Crippen LogP) is 4.77. The first kappa shape index (κ1) is 17.5. The van der Waals surface area contributed by atoms with Gasteiger partial charge < -0.3 is 14.6 Å². The Labute approximate surface area is 163 Å². The van der Waals surface area contributed by atoms with Gasteiger partial charge >= 0.3 is 5.97 Å². The smallest absolute Gasteiger partial charge is 0.314 e. The summed E-state index contributed by atoms with van der Waals surface area (Å²) >= 11 is 0. The molecule has 0 saturated heterocycles. The number of rotatable bonds is 5. The van der Waals surface area contributed by atoms with E-state index < -0.39 is 11.4 Å². The van der Waals surface area contributed by atoms with Crippen LogP contribution >= 0.6 is 0 Å². The molecule has 2 aromatic carbocycles. The van der Waals surface area contributed by atoms with E-state index in [4.69, 9.17) is 9.47 Å². The number of ether oxygens (including phenoxy) is 2. The van der Waals surface area contributed by atoms with E-state index in [0.29, 0.717) is 18.6 Å². The summed E-state index contributed by atoms with van der Waals surface area (Å²) in [4.78, 5) is 11.4. The van der Waals surface area contributed by atoms with Crippen LogP contribution < -0.4 is 9.47 Å². The molecular weight excluding hydrogens is 359 g/mol. The Balaban J connectivity index is 1.32. The van der Waals surface area contributed by atoms with Crippen molar-refractivity contribution in [1.82, 2.24) is 0 Å². The van der Waals surface area contributed by atoms with Crippen LogP contribution in [-0.2, 0) is 23.2 Å². The molecule has 146 valence electrons. The number of carboxylic acids is 1. The van der Waals surface area contributed by atoms with Gasteiger partial charge in [0.25, 0.3) is 0 Å². The molecule has 1 N–H and O–H groups in total. The van der Waals surface area contributed by atoms with Gasteiger partial charge in [0.15, 0.2) is 0 Å². The molecular formula is C23H23FO4. The third kappa shape index (κ3) is 2.84. The SMILES string of the molecule is O=C(O)C1(c2ccc(OCc3cc(F)cc4c3OC3(CCCC3)C4)cc2)CC1. The summed E-state index contributed by atoms with van der Waals surface area (Å²) in [5.74, 6) is 0.386. The van der Waals surface area contributed by atoms with Crippen LogP contribution in [0.15, 0.2) is 36.4 Å². The Morgan fingerprint density at radius 2 is 1.82 bits per heavy atom. The molecule has 0 bridgehead atoms. The number of fused-ring (bicyclic) bond motifs is 1. The molecule has 5 rings (SSSR count). The lowest BCUT2D eigenvalue weighted by molar-refractivity contribution is -0.140. The van der Waals surface area contributed by atoms with E-state index in [0.717, 1.165) is 54.5 Å². The van der Waals surface area contributed by atoms with Crippen molar-refractivity contribution in [1.29, 1.82) is 0 Å². The second-order valence-electron chi connectivity index (χ2n) is 8.42. The first-order valence-electron chi connectivity index (χ1n) is 9.97. The third-order valence-corrected chi connectivity index (χ3v) is 6.51. The zero-order chi connectivity index (χ0) is 19.4. The fraction of sp³-hybridized carbons (Fsp3) is 0.435. The largest absolute Gasteiger partial charge is 0.489 e. The summed E-state index contributed by atoms with van der Waals surface area (Å²) in [5.41, 5.74) is 1.61. The van der Waals surface area contributed by atoms with E-state index in [9.17, 15) is 14.3 Å². The highest BCUT2D eigenvalue weighted by Gasteiger charge is 2.51. The van der Waals surface area contributed by atoms with E-state index in [-0.39, 0.29) is 18.0 Å². The van der Waals surface area contributed by atoms with Gasteiger partial charge in [-0.15, -0.1) is 0 Å². The molecule has 2 saturated carbocycles. The average molecular weight is 382 g/mol. The van der Waals surface area contributed by atoms with Crippen molar-refractivity contribution in [2.24, 2.45) is 0 Å². The molecule has 2 aromatic rings. The highest BCUT2D eigenvalue weighted by atomic mass is 19.1. The molecule has 4 nitrogen and oxygen atoms in total. The molecule has 2 fully saturated rings. The Bertz CT molecular complexity index is 924. The summed E-state index contributed by atoms with van der Waals surface area (Å²) in [6.07, 6.45) is 6.50. The summed E-state index contributed by atoms with van der Waals surface area (Å²) in [6.45, 7) is 0.222. The van der Waals surface area contributed by atoms with Crippen LogP contribution in [0.1, 0.15) is 55.2 Å². The summed E-state index contributed by atoms with van der Waals surface area (Å²) in [7, 11) is 0. The van der Waals surface area contributed by atoms with Crippen molar-refractivity contribution in [3.8, 4) is 11.5 Å². The predicted molar refractivity (Wildman–Crippen MR) is 101 cm³/mol. The highest BCUT2D eigenvalue weighted by Crippen LogP contribution is 2.49. The van der Waals surface area contributed by atoms with Crippen molar-refractivity contribution in [3.05, 3.63) is 58.9 Å². The van der Waals surface area contributed by atoms with E-state index >= 15 is 0 Å². The van der Waals surface area contributed by atoms with Crippen molar-refractivity contribution in [2.45, 2.75) is 62.6 Å². The van der Waals surface area contributed by atoms with E-state index in [1.54, 1.807) is 18.2 Å². The standard InChI is InChI=1S/C23H23FO4/c24-18-11-15-13-22(7-1-2-8-22)28-20(15)16(12-18)14-27-19-5-3-17(4-6-19)23(9-10-23)21(25)26/h3-6,11-12H,1-2,7-10,13-14H2,(H,25,26). The molecule has 1 spiro atoms. The normalized spacial score (nSPS) is 20.6. The highest BCUT2D eigenvalue weighted by molar-refractivity contribution is 5.84.